The van der Waals surface area contributed by atoms with Crippen molar-refractivity contribution in [2.45, 2.75) is 13.1 Å². The third-order valence-electron chi connectivity index (χ3n) is 3.58. The Hall–Kier alpha value is -2.89. The topological polar surface area (TPSA) is 69.6 Å². The molecule has 112 valence electrons. The number of hydrogen-bond acceptors (Lipinski definition) is 2. The van der Waals surface area contributed by atoms with Gasteiger partial charge in [0.25, 0.3) is 0 Å². The van der Waals surface area contributed by atoms with Gasteiger partial charge >= 0.3 is 12.0 Å². The number of carbonyl (C=O) groups is 2. The molecule has 0 atom stereocenters. The van der Waals surface area contributed by atoms with Crippen molar-refractivity contribution in [1.29, 1.82) is 0 Å². The van der Waals surface area contributed by atoms with Gasteiger partial charge in [0.05, 0.1) is 11.3 Å². The van der Waals surface area contributed by atoms with E-state index >= 15 is 0 Å². The molecule has 2 aromatic rings. The maximum absolute atomic E-state index is 13.2. The first-order valence-electron chi connectivity index (χ1n) is 6.70. The zero-order valence-corrected chi connectivity index (χ0v) is 11.5. The molecule has 0 bridgehead atoms. The standard InChI is InChI=1S/C16H13FN2O3/c17-12-6-5-10-8-19(9-11(10)7-12)16(22)18-14-4-2-1-3-13(14)15(20)21/h1-7H,8-9H2,(H,18,22)(H,20,21). The molecule has 5 nitrogen and oxygen atoms in total. The average Bonchev–Trinajstić information content (AvgIpc) is 2.90. The van der Waals surface area contributed by atoms with Crippen molar-refractivity contribution in [3.63, 3.8) is 0 Å². The summed E-state index contributed by atoms with van der Waals surface area (Å²) < 4.78 is 13.2. The fourth-order valence-electron chi connectivity index (χ4n) is 2.48. The highest BCUT2D eigenvalue weighted by atomic mass is 19.1. The number of anilines is 1. The van der Waals surface area contributed by atoms with Crippen LogP contribution in [0, 0.1) is 5.82 Å². The third-order valence-corrected chi connectivity index (χ3v) is 3.58. The number of carboxylic acids is 1. The van der Waals surface area contributed by atoms with Gasteiger partial charge in [0, 0.05) is 13.1 Å². The molecule has 0 radical (unpaired) electrons. The summed E-state index contributed by atoms with van der Waals surface area (Å²) in [6.45, 7) is 0.671. The van der Waals surface area contributed by atoms with Crippen molar-refractivity contribution in [3.05, 3.63) is 65.0 Å². The van der Waals surface area contributed by atoms with Crippen LogP contribution in [0.4, 0.5) is 14.9 Å². The summed E-state index contributed by atoms with van der Waals surface area (Å²) in [6, 6.07) is 10.2. The number of carboxylic acid groups (broad SMARTS) is 1. The summed E-state index contributed by atoms with van der Waals surface area (Å²) >= 11 is 0. The van der Waals surface area contributed by atoms with E-state index in [-0.39, 0.29) is 17.1 Å². The van der Waals surface area contributed by atoms with Crippen LogP contribution in [0.15, 0.2) is 42.5 Å². The quantitative estimate of drug-likeness (QED) is 0.895. The molecule has 0 saturated carbocycles. The van der Waals surface area contributed by atoms with Gasteiger partial charge in [-0.15, -0.1) is 0 Å². The summed E-state index contributed by atoms with van der Waals surface area (Å²) in [5, 5.41) is 11.7. The maximum atomic E-state index is 13.2. The number of benzene rings is 2. The minimum atomic E-state index is -1.11. The molecule has 0 spiro atoms. The van der Waals surface area contributed by atoms with Crippen LogP contribution in [0.5, 0.6) is 0 Å². The van der Waals surface area contributed by atoms with Crippen LogP contribution in [0.1, 0.15) is 21.5 Å². The van der Waals surface area contributed by atoms with E-state index in [0.717, 1.165) is 11.1 Å². The lowest BCUT2D eigenvalue weighted by atomic mass is 10.1. The van der Waals surface area contributed by atoms with E-state index in [1.807, 2.05) is 0 Å². The third kappa shape index (κ3) is 2.63. The number of aromatic carboxylic acids is 1. The van der Waals surface area contributed by atoms with Crippen LogP contribution < -0.4 is 5.32 Å². The molecule has 0 aliphatic carbocycles. The first kappa shape index (κ1) is 14.1. The first-order valence-corrected chi connectivity index (χ1v) is 6.70. The molecule has 0 aromatic heterocycles. The monoisotopic (exact) mass is 300 g/mol. The van der Waals surface area contributed by atoms with E-state index in [1.165, 1.54) is 29.2 Å². The molecule has 0 saturated heterocycles. The zero-order chi connectivity index (χ0) is 15.7. The molecule has 0 fully saturated rings. The van der Waals surface area contributed by atoms with Crippen LogP contribution in [-0.4, -0.2) is 22.0 Å². The Labute approximate surface area is 126 Å². The minimum absolute atomic E-state index is 0.0265. The number of fused-ring (bicyclic) bond motifs is 1. The van der Waals surface area contributed by atoms with Crippen molar-refractivity contribution in [1.82, 2.24) is 4.90 Å². The number of halogens is 1. The second kappa shape index (κ2) is 5.48. The highest BCUT2D eigenvalue weighted by molar-refractivity contribution is 6.00. The Balaban J connectivity index is 1.76. The van der Waals surface area contributed by atoms with Gasteiger partial charge in [-0.3, -0.25) is 0 Å². The second-order valence-corrected chi connectivity index (χ2v) is 5.05. The van der Waals surface area contributed by atoms with Gasteiger partial charge in [-0.25, -0.2) is 14.0 Å². The Morgan fingerprint density at radius 2 is 1.82 bits per heavy atom. The summed E-state index contributed by atoms with van der Waals surface area (Å²) in [6.07, 6.45) is 0. The van der Waals surface area contributed by atoms with Crippen molar-refractivity contribution < 1.29 is 19.1 Å². The minimum Gasteiger partial charge on any atom is -0.478 e. The van der Waals surface area contributed by atoms with Gasteiger partial charge < -0.3 is 15.3 Å². The van der Waals surface area contributed by atoms with E-state index in [2.05, 4.69) is 5.32 Å². The van der Waals surface area contributed by atoms with Gasteiger partial charge in [0.15, 0.2) is 0 Å². The predicted molar refractivity (Wildman–Crippen MR) is 78.1 cm³/mol. The zero-order valence-electron chi connectivity index (χ0n) is 11.5. The van der Waals surface area contributed by atoms with E-state index in [0.29, 0.717) is 13.1 Å². The highest BCUT2D eigenvalue weighted by Crippen LogP contribution is 2.24. The number of hydrogen-bond donors (Lipinski definition) is 2. The van der Waals surface area contributed by atoms with Crippen molar-refractivity contribution in [2.24, 2.45) is 0 Å². The molecular formula is C16H13FN2O3. The summed E-state index contributed by atoms with van der Waals surface area (Å²) in [7, 11) is 0. The van der Waals surface area contributed by atoms with E-state index in [4.69, 9.17) is 5.11 Å². The number of nitrogens with zero attached hydrogens (tertiary/aromatic N) is 1. The van der Waals surface area contributed by atoms with E-state index < -0.39 is 12.0 Å². The van der Waals surface area contributed by atoms with Gasteiger partial charge in [-0.1, -0.05) is 18.2 Å². The molecule has 2 aromatic carbocycles. The molecule has 3 rings (SSSR count). The predicted octanol–water partition coefficient (Wildman–Crippen LogP) is 3.07. The Bertz CT molecular complexity index is 761. The normalized spacial score (nSPS) is 12.9. The van der Waals surface area contributed by atoms with Crippen LogP contribution in [0.3, 0.4) is 0 Å². The SMILES string of the molecule is O=C(O)c1ccccc1NC(=O)N1Cc2ccc(F)cc2C1. The van der Waals surface area contributed by atoms with E-state index in [1.54, 1.807) is 18.2 Å². The van der Waals surface area contributed by atoms with Crippen LogP contribution >= 0.6 is 0 Å². The molecule has 22 heavy (non-hydrogen) atoms. The summed E-state index contributed by atoms with van der Waals surface area (Å²) in [5.41, 5.74) is 1.92. The van der Waals surface area contributed by atoms with Crippen LogP contribution in [0.2, 0.25) is 0 Å². The molecule has 1 aliphatic heterocycles. The lowest BCUT2D eigenvalue weighted by molar-refractivity contribution is 0.0698. The molecule has 6 heteroatoms. The fourth-order valence-corrected chi connectivity index (χ4v) is 2.48. The lowest BCUT2D eigenvalue weighted by Gasteiger charge is -2.17. The average molecular weight is 300 g/mol. The van der Waals surface area contributed by atoms with Gasteiger partial charge in [-0.2, -0.15) is 0 Å². The van der Waals surface area contributed by atoms with Gasteiger partial charge in [0.1, 0.15) is 5.82 Å². The molecular weight excluding hydrogens is 287 g/mol. The molecule has 0 unspecified atom stereocenters. The van der Waals surface area contributed by atoms with Crippen LogP contribution in [-0.2, 0) is 13.1 Å². The molecule has 2 amide bonds. The van der Waals surface area contributed by atoms with E-state index in [9.17, 15) is 14.0 Å². The molecule has 1 aliphatic rings. The van der Waals surface area contributed by atoms with Crippen LogP contribution in [0.25, 0.3) is 0 Å². The highest BCUT2D eigenvalue weighted by Gasteiger charge is 2.24. The van der Waals surface area contributed by atoms with Crippen molar-refractivity contribution in [3.8, 4) is 0 Å². The lowest BCUT2D eigenvalue weighted by Crippen LogP contribution is -2.30. The van der Waals surface area contributed by atoms with Crippen molar-refractivity contribution in [2.75, 3.05) is 5.32 Å². The number of nitrogens with one attached hydrogen (secondary N) is 1. The Morgan fingerprint density at radius 1 is 1.09 bits per heavy atom. The second-order valence-electron chi connectivity index (χ2n) is 5.05. The fraction of sp³-hybridized carbons (Fsp3) is 0.125. The Kier molecular flexibility index (Phi) is 3.50. The van der Waals surface area contributed by atoms with Gasteiger partial charge in [-0.05, 0) is 35.4 Å². The first-order chi connectivity index (χ1) is 10.5. The summed E-state index contributed by atoms with van der Waals surface area (Å²) in [5.74, 6) is -1.44. The molecule has 2 N–H and O–H groups in total. The van der Waals surface area contributed by atoms with Crippen molar-refractivity contribution >= 4 is 17.7 Å². The Morgan fingerprint density at radius 3 is 2.59 bits per heavy atom. The number of urea groups is 1. The van der Waals surface area contributed by atoms with Gasteiger partial charge in [0.2, 0.25) is 0 Å². The number of para-hydroxylation sites is 1. The number of amides is 2. The summed E-state index contributed by atoms with van der Waals surface area (Å²) in [4.78, 5) is 24.9. The molecule has 1 heterocycles. The number of rotatable bonds is 2. The number of carbonyl (C=O) groups excluding carboxylic acids is 1. The maximum Gasteiger partial charge on any atom is 0.337 e. The smallest absolute Gasteiger partial charge is 0.337 e. The largest absolute Gasteiger partial charge is 0.478 e.